The van der Waals surface area contributed by atoms with Crippen molar-refractivity contribution in [2.75, 3.05) is 0 Å². The molecule has 0 saturated heterocycles. The van der Waals surface area contributed by atoms with Crippen molar-refractivity contribution >= 4 is 22.9 Å². The number of nitrogens with zero attached hydrogens (tertiary/aromatic N) is 7. The lowest BCUT2D eigenvalue weighted by molar-refractivity contribution is 0.303. The van der Waals surface area contributed by atoms with E-state index in [9.17, 15) is 4.79 Å². The molecule has 108 valence electrons. The number of ether oxygens (including phenoxy) is 1. The number of hydrogen-bond donors (Lipinski definition) is 0. The number of rotatable bonds is 4. The maximum Gasteiger partial charge on any atom is 0.368 e. The van der Waals surface area contributed by atoms with E-state index in [4.69, 9.17) is 17.7 Å². The molecule has 21 heavy (non-hydrogen) atoms. The lowest BCUT2D eigenvalue weighted by atomic mass is 10.3. The molecule has 11 heteroatoms. The van der Waals surface area contributed by atoms with E-state index in [0.717, 1.165) is 9.36 Å². The molecular formula is C10H8ClN7O2S. The van der Waals surface area contributed by atoms with Crippen LogP contribution in [-0.4, -0.2) is 35.0 Å². The molecule has 3 aromatic heterocycles. The van der Waals surface area contributed by atoms with E-state index in [0.29, 0.717) is 16.4 Å². The third-order valence-corrected chi connectivity index (χ3v) is 3.48. The molecule has 3 heterocycles. The Kier molecular flexibility index (Phi) is 3.30. The van der Waals surface area contributed by atoms with Crippen LogP contribution in [0.25, 0.3) is 5.69 Å². The Morgan fingerprint density at radius 2 is 2.38 bits per heavy atom. The molecular weight excluding hydrogens is 318 g/mol. The molecule has 0 atom stereocenters. The fraction of sp³-hybridized carbons (Fsp3) is 0.200. The monoisotopic (exact) mass is 327 g/mol. The van der Waals surface area contributed by atoms with E-state index < -0.39 is 5.69 Å². The normalized spacial score (nSPS) is 11.4. The van der Waals surface area contributed by atoms with Gasteiger partial charge in [0.2, 0.25) is 0 Å². The molecule has 0 aliphatic rings. The van der Waals surface area contributed by atoms with Crippen LogP contribution in [0.15, 0.2) is 22.5 Å². The molecule has 0 unspecified atom stereocenters. The minimum atomic E-state index is -0.451. The van der Waals surface area contributed by atoms with Gasteiger partial charge in [0.15, 0.2) is 5.15 Å². The lowest BCUT2D eigenvalue weighted by Crippen LogP contribution is -2.23. The Labute approximate surface area is 128 Å². The largest absolute Gasteiger partial charge is 0.465 e. The number of hydrogen-bond acceptors (Lipinski definition) is 8. The van der Waals surface area contributed by atoms with Gasteiger partial charge >= 0.3 is 5.69 Å². The van der Waals surface area contributed by atoms with Crippen molar-refractivity contribution in [3.05, 3.63) is 39.0 Å². The standard InChI is InChI=1S/C10H8ClN7O2S/c1-17-10(19)18(16-15-17)7-4-13-14-8(11)6(7)5-20-9-12-2-3-21-9/h2-4H,5H2,1H3/i2T. The van der Waals surface area contributed by atoms with Gasteiger partial charge in [-0.15, -0.1) is 5.10 Å². The summed E-state index contributed by atoms with van der Waals surface area (Å²) in [6.07, 6.45) is 1.46. The van der Waals surface area contributed by atoms with Crippen LogP contribution in [0.2, 0.25) is 5.15 Å². The van der Waals surface area contributed by atoms with Crippen LogP contribution in [-0.2, 0) is 13.7 Å². The van der Waals surface area contributed by atoms with E-state index in [1.807, 2.05) is 0 Å². The quantitative estimate of drug-likeness (QED) is 0.685. The van der Waals surface area contributed by atoms with Crippen LogP contribution >= 0.6 is 22.9 Å². The van der Waals surface area contributed by atoms with E-state index in [1.54, 1.807) is 0 Å². The predicted octanol–water partition coefficient (Wildman–Crippen LogP) is 0.445. The number of aromatic nitrogens is 7. The minimum absolute atomic E-state index is 0.000343. The summed E-state index contributed by atoms with van der Waals surface area (Å²) in [5.41, 5.74) is 0.287. The summed E-state index contributed by atoms with van der Waals surface area (Å²) in [5, 5.41) is 16.8. The number of halogens is 1. The van der Waals surface area contributed by atoms with Gasteiger partial charge in [0.05, 0.1) is 13.1 Å². The zero-order valence-electron chi connectivity index (χ0n) is 11.6. The zero-order chi connectivity index (χ0) is 15.7. The van der Waals surface area contributed by atoms with Gasteiger partial charge in [0, 0.05) is 18.6 Å². The summed E-state index contributed by atoms with van der Waals surface area (Å²) in [4.78, 5) is 15.8. The molecule has 0 aliphatic heterocycles. The average Bonchev–Trinajstić information content (AvgIpc) is 3.05. The highest BCUT2D eigenvalue weighted by atomic mass is 35.5. The summed E-state index contributed by atoms with van der Waals surface area (Å²) in [5.74, 6) is 0. The van der Waals surface area contributed by atoms with Gasteiger partial charge in [-0.1, -0.05) is 22.9 Å². The maximum atomic E-state index is 11.9. The zero-order valence-corrected chi connectivity index (χ0v) is 12.2. The first-order chi connectivity index (χ1) is 10.6. The van der Waals surface area contributed by atoms with Crippen molar-refractivity contribution in [3.8, 4) is 10.9 Å². The van der Waals surface area contributed by atoms with Crippen LogP contribution < -0.4 is 10.4 Å². The second-order valence-corrected chi connectivity index (χ2v) is 5.01. The van der Waals surface area contributed by atoms with Gasteiger partial charge in [0.1, 0.15) is 12.3 Å². The Hall–Kier alpha value is -2.33. The number of tetrazole rings is 1. The van der Waals surface area contributed by atoms with Crippen LogP contribution in [0.1, 0.15) is 6.93 Å². The average molecular weight is 328 g/mol. The third kappa shape index (κ3) is 2.62. The molecule has 0 saturated carbocycles. The molecule has 0 N–H and O–H groups in total. The van der Waals surface area contributed by atoms with Crippen molar-refractivity contribution in [1.82, 2.24) is 35.0 Å². The second-order valence-electron chi connectivity index (χ2n) is 3.83. The summed E-state index contributed by atoms with van der Waals surface area (Å²) < 4.78 is 14.9. The molecule has 0 bridgehead atoms. The smallest absolute Gasteiger partial charge is 0.368 e. The SMILES string of the molecule is [3H]c1csc(OCc2c(-n3nnn(C)c3=O)cnnc2Cl)n1. The molecule has 3 rings (SSSR count). The van der Waals surface area contributed by atoms with Gasteiger partial charge in [-0.05, 0) is 10.4 Å². The maximum absolute atomic E-state index is 11.9. The van der Waals surface area contributed by atoms with E-state index in [2.05, 4.69) is 25.6 Å². The van der Waals surface area contributed by atoms with Crippen LogP contribution in [0, 0.1) is 0 Å². The topological polar surface area (TPSA) is 101 Å². The molecule has 9 nitrogen and oxygen atoms in total. The lowest BCUT2D eigenvalue weighted by Gasteiger charge is -2.08. The Bertz CT molecular complexity index is 876. The van der Waals surface area contributed by atoms with Crippen molar-refractivity contribution in [1.29, 1.82) is 0 Å². The fourth-order valence-corrected chi connectivity index (χ4v) is 2.18. The van der Waals surface area contributed by atoms with Crippen LogP contribution in [0.4, 0.5) is 0 Å². The van der Waals surface area contributed by atoms with Crippen molar-refractivity contribution in [2.24, 2.45) is 7.05 Å². The third-order valence-electron chi connectivity index (χ3n) is 2.54. The molecule has 0 aliphatic carbocycles. The number of thiazole rings is 1. The summed E-state index contributed by atoms with van der Waals surface area (Å²) >= 11 is 7.21. The first-order valence-corrected chi connectivity index (χ1v) is 6.86. The highest BCUT2D eigenvalue weighted by Crippen LogP contribution is 2.22. The van der Waals surface area contributed by atoms with Gasteiger partial charge in [-0.3, -0.25) is 0 Å². The van der Waals surface area contributed by atoms with Gasteiger partial charge in [-0.25, -0.2) is 9.78 Å². The first-order valence-electron chi connectivity index (χ1n) is 6.10. The predicted molar refractivity (Wildman–Crippen MR) is 73.6 cm³/mol. The fourth-order valence-electron chi connectivity index (χ4n) is 1.54. The number of aryl methyl sites for hydroxylation is 1. The molecule has 3 aromatic rings. The Balaban J connectivity index is 1.96. The Morgan fingerprint density at radius 3 is 3.05 bits per heavy atom. The van der Waals surface area contributed by atoms with E-state index in [1.165, 1.54) is 30.0 Å². The summed E-state index contributed by atoms with van der Waals surface area (Å²) in [7, 11) is 1.48. The van der Waals surface area contributed by atoms with Crippen molar-refractivity contribution in [2.45, 2.75) is 6.61 Å². The van der Waals surface area contributed by atoms with E-state index in [-0.39, 0.29) is 17.9 Å². The molecule has 0 fully saturated rings. The van der Waals surface area contributed by atoms with E-state index >= 15 is 0 Å². The highest BCUT2D eigenvalue weighted by molar-refractivity contribution is 7.11. The summed E-state index contributed by atoms with van der Waals surface area (Å²) in [6.45, 7) is -0.000343. The highest BCUT2D eigenvalue weighted by Gasteiger charge is 2.16. The molecule has 0 aromatic carbocycles. The van der Waals surface area contributed by atoms with Crippen LogP contribution in [0.3, 0.4) is 0 Å². The molecule has 0 spiro atoms. The van der Waals surface area contributed by atoms with Gasteiger partial charge in [0.25, 0.3) is 5.19 Å². The molecule has 0 radical (unpaired) electrons. The van der Waals surface area contributed by atoms with Gasteiger partial charge < -0.3 is 4.74 Å². The van der Waals surface area contributed by atoms with Crippen molar-refractivity contribution < 1.29 is 6.11 Å². The van der Waals surface area contributed by atoms with Gasteiger partial charge in [-0.2, -0.15) is 14.5 Å². The first kappa shape index (κ1) is 12.4. The van der Waals surface area contributed by atoms with Crippen LogP contribution in [0.5, 0.6) is 5.19 Å². The second kappa shape index (κ2) is 5.58. The Morgan fingerprint density at radius 1 is 1.52 bits per heavy atom. The minimum Gasteiger partial charge on any atom is -0.465 e. The van der Waals surface area contributed by atoms with Crippen molar-refractivity contribution in [3.63, 3.8) is 0 Å². The summed E-state index contributed by atoms with van der Waals surface area (Å²) in [6, 6.07) is 0. The molecule has 0 amide bonds.